The van der Waals surface area contributed by atoms with Crippen LogP contribution < -0.4 is 5.32 Å². The molecule has 1 heterocycles. The minimum Gasteiger partial charge on any atom is -0.481 e. The molecule has 1 aromatic rings. The van der Waals surface area contributed by atoms with Crippen molar-refractivity contribution in [3.63, 3.8) is 0 Å². The first-order chi connectivity index (χ1) is 8.74. The molecule has 0 amide bonds. The lowest BCUT2D eigenvalue weighted by atomic mass is 10.3. The average Bonchev–Trinajstić information content (AvgIpc) is 3.04. The zero-order chi connectivity index (χ0) is 12.8. The molecule has 0 aromatic carbocycles. The highest BCUT2D eigenvalue weighted by Crippen LogP contribution is 2.28. The summed E-state index contributed by atoms with van der Waals surface area (Å²) in [6.45, 7) is 3.29. The lowest BCUT2D eigenvalue weighted by Gasteiger charge is -2.04. The Balaban J connectivity index is 1.54. The van der Waals surface area contributed by atoms with E-state index in [1.165, 1.54) is 17.7 Å². The van der Waals surface area contributed by atoms with Crippen LogP contribution in [0, 0.1) is 5.92 Å². The van der Waals surface area contributed by atoms with E-state index in [1.54, 1.807) is 11.3 Å². The molecule has 0 bridgehead atoms. The zero-order valence-electron chi connectivity index (χ0n) is 10.4. The highest BCUT2D eigenvalue weighted by Gasteiger charge is 2.20. The quantitative estimate of drug-likeness (QED) is 0.672. The van der Waals surface area contributed by atoms with Gasteiger partial charge in [-0.25, -0.2) is 0 Å². The van der Waals surface area contributed by atoms with Crippen molar-refractivity contribution >= 4 is 17.3 Å². The number of nitrogens with one attached hydrogen (secondary N) is 1. The fraction of sp³-hybridized carbons (Fsp3) is 0.615. The molecule has 0 atom stereocenters. The number of carboxylic acid groups (broad SMARTS) is 1. The predicted octanol–water partition coefficient (Wildman–Crippen LogP) is 1.89. The van der Waals surface area contributed by atoms with E-state index < -0.39 is 5.97 Å². The summed E-state index contributed by atoms with van der Waals surface area (Å²) in [4.78, 5) is 12.6. The van der Waals surface area contributed by atoms with Crippen LogP contribution in [0.15, 0.2) is 12.1 Å². The molecule has 100 valence electrons. The van der Waals surface area contributed by atoms with Crippen LogP contribution in [0.25, 0.3) is 0 Å². The summed E-state index contributed by atoms with van der Waals surface area (Å²) in [5.41, 5.74) is 0. The Labute approximate surface area is 111 Å². The maximum absolute atomic E-state index is 10.5. The van der Waals surface area contributed by atoms with Gasteiger partial charge >= 0.3 is 5.97 Å². The number of thiophene rings is 1. The Hall–Kier alpha value is -0.910. The van der Waals surface area contributed by atoms with E-state index in [4.69, 9.17) is 9.84 Å². The molecule has 4 nitrogen and oxygen atoms in total. The van der Waals surface area contributed by atoms with Crippen LogP contribution in [0.2, 0.25) is 0 Å². The molecule has 1 fully saturated rings. The van der Waals surface area contributed by atoms with Gasteiger partial charge < -0.3 is 15.2 Å². The van der Waals surface area contributed by atoms with Crippen LogP contribution in [-0.4, -0.2) is 30.8 Å². The van der Waals surface area contributed by atoms with Gasteiger partial charge in [0, 0.05) is 29.5 Å². The van der Waals surface area contributed by atoms with Gasteiger partial charge in [0.15, 0.2) is 0 Å². The summed E-state index contributed by atoms with van der Waals surface area (Å²) >= 11 is 1.56. The van der Waals surface area contributed by atoms with Gasteiger partial charge in [0.25, 0.3) is 0 Å². The Bertz CT molecular complexity index is 387. The molecule has 2 N–H and O–H groups in total. The Morgan fingerprint density at radius 3 is 2.94 bits per heavy atom. The third-order valence-electron chi connectivity index (χ3n) is 2.82. The normalized spacial score (nSPS) is 14.9. The van der Waals surface area contributed by atoms with Crippen LogP contribution in [0.3, 0.4) is 0 Å². The van der Waals surface area contributed by atoms with Crippen molar-refractivity contribution in [1.82, 2.24) is 5.32 Å². The van der Waals surface area contributed by atoms with Gasteiger partial charge in [0.05, 0.1) is 13.0 Å². The Morgan fingerprint density at radius 1 is 1.44 bits per heavy atom. The second-order valence-corrected chi connectivity index (χ2v) is 5.89. The first-order valence-electron chi connectivity index (χ1n) is 6.32. The number of aliphatic carboxylic acids is 1. The number of carboxylic acids is 1. The Kier molecular flexibility index (Phi) is 5.16. The lowest BCUT2D eigenvalue weighted by molar-refractivity contribution is -0.136. The van der Waals surface area contributed by atoms with E-state index in [2.05, 4.69) is 5.32 Å². The second-order valence-electron chi connectivity index (χ2n) is 4.63. The standard InChI is InChI=1S/C13H19NO3S/c15-13(16)7-11-3-4-12(18-11)8-14-5-6-17-9-10-1-2-10/h3-4,10,14H,1-2,5-9H2,(H,15,16). The van der Waals surface area contributed by atoms with E-state index >= 15 is 0 Å². The zero-order valence-corrected chi connectivity index (χ0v) is 11.2. The molecule has 18 heavy (non-hydrogen) atoms. The van der Waals surface area contributed by atoms with Crippen LogP contribution in [0.4, 0.5) is 0 Å². The number of hydrogen-bond donors (Lipinski definition) is 2. The van der Waals surface area contributed by atoms with Crippen molar-refractivity contribution in [2.24, 2.45) is 5.92 Å². The SMILES string of the molecule is O=C(O)Cc1ccc(CNCCOCC2CC2)s1. The molecule has 1 aliphatic carbocycles. The van der Waals surface area contributed by atoms with E-state index in [1.807, 2.05) is 12.1 Å². The molecule has 0 spiro atoms. The molecule has 5 heteroatoms. The molecule has 2 rings (SSSR count). The number of carbonyl (C=O) groups is 1. The van der Waals surface area contributed by atoms with Crippen molar-refractivity contribution < 1.29 is 14.6 Å². The number of rotatable bonds is 9. The summed E-state index contributed by atoms with van der Waals surface area (Å²) in [5, 5.41) is 12.0. The summed E-state index contributed by atoms with van der Waals surface area (Å²) in [5.74, 6) is 0.0470. The van der Waals surface area contributed by atoms with Crippen molar-refractivity contribution in [3.05, 3.63) is 21.9 Å². The number of ether oxygens (including phenoxy) is 1. The molecule has 0 aliphatic heterocycles. The van der Waals surface area contributed by atoms with E-state index in [0.29, 0.717) is 0 Å². The Morgan fingerprint density at radius 2 is 2.22 bits per heavy atom. The lowest BCUT2D eigenvalue weighted by Crippen LogP contribution is -2.19. The van der Waals surface area contributed by atoms with Crippen LogP contribution in [-0.2, 0) is 22.5 Å². The third kappa shape index (κ3) is 5.16. The van der Waals surface area contributed by atoms with Gasteiger partial charge in [-0.15, -0.1) is 11.3 Å². The van der Waals surface area contributed by atoms with Crippen molar-refractivity contribution in [1.29, 1.82) is 0 Å². The highest BCUT2D eigenvalue weighted by molar-refractivity contribution is 7.12. The maximum Gasteiger partial charge on any atom is 0.308 e. The molecular weight excluding hydrogens is 250 g/mol. The van der Waals surface area contributed by atoms with Gasteiger partial charge in [-0.05, 0) is 30.9 Å². The van der Waals surface area contributed by atoms with Gasteiger partial charge in [0.1, 0.15) is 0 Å². The smallest absolute Gasteiger partial charge is 0.308 e. The summed E-state index contributed by atoms with van der Waals surface area (Å²) < 4.78 is 5.52. The molecule has 0 saturated heterocycles. The number of hydrogen-bond acceptors (Lipinski definition) is 4. The van der Waals surface area contributed by atoms with Crippen LogP contribution in [0.1, 0.15) is 22.6 Å². The second kappa shape index (κ2) is 6.87. The molecule has 0 radical (unpaired) electrons. The molecular formula is C13H19NO3S. The van der Waals surface area contributed by atoms with E-state index in [0.717, 1.165) is 37.1 Å². The largest absolute Gasteiger partial charge is 0.481 e. The van der Waals surface area contributed by atoms with Crippen LogP contribution in [0.5, 0.6) is 0 Å². The fourth-order valence-corrected chi connectivity index (χ4v) is 2.63. The van der Waals surface area contributed by atoms with Gasteiger partial charge in [-0.3, -0.25) is 4.79 Å². The summed E-state index contributed by atoms with van der Waals surface area (Å²) in [6.07, 6.45) is 2.78. The first-order valence-corrected chi connectivity index (χ1v) is 7.13. The maximum atomic E-state index is 10.5. The minimum atomic E-state index is -0.773. The van der Waals surface area contributed by atoms with E-state index in [-0.39, 0.29) is 6.42 Å². The van der Waals surface area contributed by atoms with Gasteiger partial charge in [0.2, 0.25) is 0 Å². The van der Waals surface area contributed by atoms with Gasteiger partial charge in [-0.1, -0.05) is 0 Å². The minimum absolute atomic E-state index is 0.120. The third-order valence-corrected chi connectivity index (χ3v) is 3.90. The molecule has 1 saturated carbocycles. The molecule has 0 unspecified atom stereocenters. The van der Waals surface area contributed by atoms with Crippen molar-refractivity contribution in [2.45, 2.75) is 25.8 Å². The van der Waals surface area contributed by atoms with Gasteiger partial charge in [-0.2, -0.15) is 0 Å². The summed E-state index contributed by atoms with van der Waals surface area (Å²) in [7, 11) is 0. The fourth-order valence-electron chi connectivity index (χ4n) is 1.65. The predicted molar refractivity (Wildman–Crippen MR) is 70.9 cm³/mol. The van der Waals surface area contributed by atoms with Crippen molar-refractivity contribution in [3.8, 4) is 0 Å². The highest BCUT2D eigenvalue weighted by atomic mass is 32.1. The van der Waals surface area contributed by atoms with E-state index in [9.17, 15) is 4.79 Å². The van der Waals surface area contributed by atoms with Crippen molar-refractivity contribution in [2.75, 3.05) is 19.8 Å². The first kappa shape index (κ1) is 13.5. The average molecular weight is 269 g/mol. The summed E-state index contributed by atoms with van der Waals surface area (Å²) in [6, 6.07) is 3.88. The monoisotopic (exact) mass is 269 g/mol. The topological polar surface area (TPSA) is 58.6 Å². The molecule has 1 aromatic heterocycles. The van der Waals surface area contributed by atoms with Crippen LogP contribution >= 0.6 is 11.3 Å². The molecule has 1 aliphatic rings.